The molecule has 0 spiro atoms. The van der Waals surface area contributed by atoms with Gasteiger partial charge in [0.25, 0.3) is 0 Å². The highest BCUT2D eigenvalue weighted by Gasteiger charge is 2.17. The molecule has 1 aromatic heterocycles. The Morgan fingerprint density at radius 3 is 2.41 bits per heavy atom. The Hall–Kier alpha value is -2.64. The maximum absolute atomic E-state index is 12.5. The van der Waals surface area contributed by atoms with Gasteiger partial charge in [0.2, 0.25) is 5.91 Å². The van der Waals surface area contributed by atoms with E-state index in [-0.39, 0.29) is 11.9 Å². The van der Waals surface area contributed by atoms with Crippen LogP contribution >= 0.6 is 11.8 Å². The van der Waals surface area contributed by atoms with E-state index >= 15 is 0 Å². The summed E-state index contributed by atoms with van der Waals surface area (Å²) in [5.74, 6) is 1.07. The number of rotatable bonds is 8. The van der Waals surface area contributed by atoms with Crippen LogP contribution in [0.15, 0.2) is 59.8 Å². The molecule has 0 saturated heterocycles. The van der Waals surface area contributed by atoms with Crippen LogP contribution in [-0.2, 0) is 4.79 Å². The monoisotopic (exact) mass is 409 g/mol. The lowest BCUT2D eigenvalue weighted by Crippen LogP contribution is -2.35. The van der Waals surface area contributed by atoms with Crippen LogP contribution in [0.3, 0.4) is 0 Å². The number of aryl methyl sites for hydroxylation is 2. The van der Waals surface area contributed by atoms with Gasteiger partial charge in [0.15, 0.2) is 5.16 Å². The lowest BCUT2D eigenvalue weighted by Gasteiger charge is -2.25. The van der Waals surface area contributed by atoms with Gasteiger partial charge in [-0.3, -0.25) is 9.36 Å². The standard InChI is InChI=1S/C22H27N5OS/c1-16-10-12-19(13-11-16)27-17(2)24-25-22(27)29-15-21(28)23-14-20(26(3)4)18-8-6-5-7-9-18/h5-13,20H,14-15H2,1-4H3,(H,23,28)/t20-/m1/s1. The first-order valence-electron chi connectivity index (χ1n) is 9.55. The van der Waals surface area contributed by atoms with Crippen molar-refractivity contribution >= 4 is 17.7 Å². The number of aromatic nitrogens is 3. The third-order valence-electron chi connectivity index (χ3n) is 4.72. The van der Waals surface area contributed by atoms with Crippen LogP contribution in [0.25, 0.3) is 5.69 Å². The second-order valence-electron chi connectivity index (χ2n) is 7.18. The lowest BCUT2D eigenvalue weighted by molar-refractivity contribution is -0.118. The van der Waals surface area contributed by atoms with E-state index in [1.165, 1.54) is 22.9 Å². The van der Waals surface area contributed by atoms with Crippen molar-refractivity contribution < 1.29 is 4.79 Å². The summed E-state index contributed by atoms with van der Waals surface area (Å²) in [5.41, 5.74) is 3.37. The molecular weight excluding hydrogens is 382 g/mol. The average molecular weight is 410 g/mol. The summed E-state index contributed by atoms with van der Waals surface area (Å²) < 4.78 is 1.98. The van der Waals surface area contributed by atoms with E-state index in [1.54, 1.807) is 0 Å². The van der Waals surface area contributed by atoms with Gasteiger partial charge in [0.05, 0.1) is 11.8 Å². The van der Waals surface area contributed by atoms with Crippen molar-refractivity contribution in [1.29, 1.82) is 0 Å². The maximum atomic E-state index is 12.5. The number of nitrogens with zero attached hydrogens (tertiary/aromatic N) is 4. The molecule has 0 unspecified atom stereocenters. The van der Waals surface area contributed by atoms with Gasteiger partial charge in [-0.15, -0.1) is 10.2 Å². The maximum Gasteiger partial charge on any atom is 0.230 e. The number of carbonyl (C=O) groups excluding carboxylic acids is 1. The summed E-state index contributed by atoms with van der Waals surface area (Å²) in [4.78, 5) is 14.6. The average Bonchev–Trinajstić information content (AvgIpc) is 3.08. The van der Waals surface area contributed by atoms with Gasteiger partial charge >= 0.3 is 0 Å². The molecule has 0 fully saturated rings. The van der Waals surface area contributed by atoms with Crippen molar-refractivity contribution in [2.75, 3.05) is 26.4 Å². The number of benzene rings is 2. The smallest absolute Gasteiger partial charge is 0.230 e. The van der Waals surface area contributed by atoms with Gasteiger partial charge in [-0.05, 0) is 45.6 Å². The van der Waals surface area contributed by atoms with Gasteiger partial charge in [0, 0.05) is 12.2 Å². The van der Waals surface area contributed by atoms with Crippen LogP contribution in [0.1, 0.15) is 23.0 Å². The number of carbonyl (C=O) groups is 1. The first-order valence-corrected chi connectivity index (χ1v) is 10.5. The lowest BCUT2D eigenvalue weighted by atomic mass is 10.1. The minimum Gasteiger partial charge on any atom is -0.353 e. The molecule has 1 atom stereocenters. The highest BCUT2D eigenvalue weighted by atomic mass is 32.2. The molecule has 29 heavy (non-hydrogen) atoms. The Bertz CT molecular complexity index is 938. The second kappa shape index (κ2) is 9.71. The van der Waals surface area contributed by atoms with Gasteiger partial charge in [0.1, 0.15) is 5.82 Å². The number of hydrogen-bond acceptors (Lipinski definition) is 5. The summed E-state index contributed by atoms with van der Waals surface area (Å²) in [5, 5.41) is 12.2. The summed E-state index contributed by atoms with van der Waals surface area (Å²) in [6.45, 7) is 4.53. The van der Waals surface area contributed by atoms with Crippen molar-refractivity contribution in [3.63, 3.8) is 0 Å². The largest absolute Gasteiger partial charge is 0.353 e. The Morgan fingerprint density at radius 2 is 1.76 bits per heavy atom. The molecule has 0 aliphatic heterocycles. The van der Waals surface area contributed by atoms with E-state index in [9.17, 15) is 4.79 Å². The summed E-state index contributed by atoms with van der Waals surface area (Å²) in [6.07, 6.45) is 0. The second-order valence-corrected chi connectivity index (χ2v) is 8.13. The van der Waals surface area contributed by atoms with E-state index in [4.69, 9.17) is 0 Å². The zero-order chi connectivity index (χ0) is 20.8. The molecule has 0 saturated carbocycles. The molecule has 1 heterocycles. The molecular formula is C22H27N5OS. The molecule has 2 aromatic carbocycles. The predicted octanol–water partition coefficient (Wildman–Crippen LogP) is 3.40. The Kier molecular flexibility index (Phi) is 7.06. The minimum absolute atomic E-state index is 0.0195. The molecule has 3 aromatic rings. The number of hydrogen-bond donors (Lipinski definition) is 1. The van der Waals surface area contributed by atoms with Crippen molar-refractivity contribution in [2.45, 2.75) is 25.0 Å². The van der Waals surface area contributed by atoms with Crippen LogP contribution in [0, 0.1) is 13.8 Å². The van der Waals surface area contributed by atoms with E-state index in [1.807, 2.05) is 55.9 Å². The molecule has 1 N–H and O–H groups in total. The molecule has 0 radical (unpaired) electrons. The van der Waals surface area contributed by atoms with Crippen molar-refractivity contribution in [1.82, 2.24) is 25.0 Å². The summed E-state index contributed by atoms with van der Waals surface area (Å²) >= 11 is 1.39. The molecule has 0 aliphatic rings. The third kappa shape index (κ3) is 5.46. The molecule has 7 heteroatoms. The van der Waals surface area contributed by atoms with E-state index in [2.05, 4.69) is 51.6 Å². The van der Waals surface area contributed by atoms with Crippen molar-refractivity contribution in [3.8, 4) is 5.69 Å². The fourth-order valence-corrected chi connectivity index (χ4v) is 3.92. The first-order chi connectivity index (χ1) is 14.0. The topological polar surface area (TPSA) is 63.1 Å². The summed E-state index contributed by atoms with van der Waals surface area (Å²) in [6, 6.07) is 18.5. The highest BCUT2D eigenvalue weighted by Crippen LogP contribution is 2.22. The third-order valence-corrected chi connectivity index (χ3v) is 5.65. The SMILES string of the molecule is Cc1ccc(-n2c(C)nnc2SCC(=O)NC[C@H](c2ccccc2)N(C)C)cc1. The molecule has 1 amide bonds. The Morgan fingerprint density at radius 1 is 1.07 bits per heavy atom. The van der Waals surface area contributed by atoms with Crippen molar-refractivity contribution in [3.05, 3.63) is 71.5 Å². The Labute approximate surface area is 176 Å². The zero-order valence-corrected chi connectivity index (χ0v) is 18.1. The van der Waals surface area contributed by atoms with Gasteiger partial charge in [-0.2, -0.15) is 0 Å². The molecule has 0 aliphatic carbocycles. The van der Waals surface area contributed by atoms with E-state index in [0.717, 1.165) is 11.5 Å². The van der Waals surface area contributed by atoms with Gasteiger partial charge < -0.3 is 10.2 Å². The number of thioether (sulfide) groups is 1. The highest BCUT2D eigenvalue weighted by molar-refractivity contribution is 7.99. The van der Waals surface area contributed by atoms with Crippen LogP contribution < -0.4 is 5.32 Å². The van der Waals surface area contributed by atoms with Gasteiger partial charge in [-0.1, -0.05) is 59.8 Å². The quantitative estimate of drug-likeness (QED) is 0.578. The molecule has 0 bridgehead atoms. The number of likely N-dealkylation sites (N-methyl/N-ethyl adjacent to an activating group) is 1. The van der Waals surface area contributed by atoms with Crippen LogP contribution in [0.4, 0.5) is 0 Å². The van der Waals surface area contributed by atoms with Gasteiger partial charge in [-0.25, -0.2) is 0 Å². The van der Waals surface area contributed by atoms with E-state index in [0.29, 0.717) is 17.5 Å². The van der Waals surface area contributed by atoms with Crippen LogP contribution in [0.2, 0.25) is 0 Å². The number of nitrogens with one attached hydrogen (secondary N) is 1. The zero-order valence-electron chi connectivity index (χ0n) is 17.3. The summed E-state index contributed by atoms with van der Waals surface area (Å²) in [7, 11) is 4.04. The molecule has 152 valence electrons. The van der Waals surface area contributed by atoms with E-state index < -0.39 is 0 Å². The molecule has 6 nitrogen and oxygen atoms in total. The van der Waals surface area contributed by atoms with Crippen LogP contribution in [0.5, 0.6) is 0 Å². The first kappa shape index (κ1) is 21.1. The number of amides is 1. The minimum atomic E-state index is -0.0195. The predicted molar refractivity (Wildman–Crippen MR) is 117 cm³/mol. The normalized spacial score (nSPS) is 12.2. The Balaban J connectivity index is 1.61. The van der Waals surface area contributed by atoms with Crippen LogP contribution in [-0.4, -0.2) is 52.0 Å². The molecule has 3 rings (SSSR count). The fraction of sp³-hybridized carbons (Fsp3) is 0.318. The van der Waals surface area contributed by atoms with Crippen molar-refractivity contribution in [2.24, 2.45) is 0 Å². The fourth-order valence-electron chi connectivity index (χ4n) is 3.09.